The van der Waals surface area contributed by atoms with Crippen LogP contribution in [-0.4, -0.2) is 36.8 Å². The van der Waals surface area contributed by atoms with E-state index in [2.05, 4.69) is 15.9 Å². The van der Waals surface area contributed by atoms with Gasteiger partial charge in [-0.15, -0.1) is 0 Å². The number of anilines is 2. The van der Waals surface area contributed by atoms with Crippen molar-refractivity contribution >= 4 is 62.6 Å². The van der Waals surface area contributed by atoms with Gasteiger partial charge in [0, 0.05) is 20.7 Å². The predicted octanol–water partition coefficient (Wildman–Crippen LogP) is 5.38. The highest BCUT2D eigenvalue weighted by Gasteiger charge is 2.64. The van der Waals surface area contributed by atoms with Crippen LogP contribution in [0.25, 0.3) is 6.08 Å². The Morgan fingerprint density at radius 2 is 1.64 bits per heavy atom. The molecule has 2 amide bonds. The number of carbonyl (C=O) groups excluding carboxylic acids is 3. The molecule has 3 aliphatic rings. The van der Waals surface area contributed by atoms with Crippen LogP contribution in [0.15, 0.2) is 77.3 Å². The van der Waals surface area contributed by atoms with Gasteiger partial charge in [0.1, 0.15) is 11.8 Å². The summed E-state index contributed by atoms with van der Waals surface area (Å²) < 4.78 is 6.06. The van der Waals surface area contributed by atoms with Gasteiger partial charge in [-0.3, -0.25) is 14.4 Å². The lowest BCUT2D eigenvalue weighted by atomic mass is 9.86. The highest BCUT2D eigenvalue weighted by molar-refractivity contribution is 9.10. The van der Waals surface area contributed by atoms with Gasteiger partial charge in [0.2, 0.25) is 11.8 Å². The average molecular weight is 564 g/mol. The van der Waals surface area contributed by atoms with Crippen molar-refractivity contribution in [1.29, 1.82) is 0 Å². The Morgan fingerprint density at radius 1 is 0.944 bits per heavy atom. The van der Waals surface area contributed by atoms with Gasteiger partial charge in [-0.25, -0.2) is 4.90 Å². The summed E-state index contributed by atoms with van der Waals surface area (Å²) in [5, 5.41) is 0.574. The van der Waals surface area contributed by atoms with E-state index in [4.69, 9.17) is 16.3 Å². The molecule has 0 bridgehead atoms. The topological polar surface area (TPSA) is 66.9 Å². The van der Waals surface area contributed by atoms with Gasteiger partial charge in [0.05, 0.1) is 30.7 Å². The van der Waals surface area contributed by atoms with Crippen molar-refractivity contribution in [3.63, 3.8) is 0 Å². The number of ketones is 1. The second-order valence-electron chi connectivity index (χ2n) is 9.04. The van der Waals surface area contributed by atoms with Crippen LogP contribution in [0.3, 0.4) is 0 Å². The molecule has 2 saturated heterocycles. The molecule has 180 valence electrons. The van der Waals surface area contributed by atoms with Crippen LogP contribution < -0.4 is 14.5 Å². The van der Waals surface area contributed by atoms with Gasteiger partial charge in [0.25, 0.3) is 0 Å². The summed E-state index contributed by atoms with van der Waals surface area (Å²) >= 11 is 9.64. The van der Waals surface area contributed by atoms with Gasteiger partial charge in [-0.05, 0) is 60.2 Å². The molecule has 0 aromatic heterocycles. The maximum Gasteiger partial charge on any atom is 0.240 e. The fraction of sp³-hybridized carbons (Fsp3) is 0.179. The monoisotopic (exact) mass is 562 g/mol. The molecule has 0 saturated carbocycles. The molecule has 0 N–H and O–H groups in total. The molecule has 3 heterocycles. The lowest BCUT2D eigenvalue weighted by molar-refractivity contribution is -0.122. The summed E-state index contributed by atoms with van der Waals surface area (Å²) in [5.41, 5.74) is 2.58. The molecule has 0 radical (unpaired) electrons. The number of benzene rings is 3. The lowest BCUT2D eigenvalue weighted by Crippen LogP contribution is -2.48. The minimum Gasteiger partial charge on any atom is -0.497 e. The Balaban J connectivity index is 1.47. The molecular formula is C28H20BrClN2O4. The molecule has 0 spiro atoms. The minimum absolute atomic E-state index is 0.200. The minimum atomic E-state index is -0.842. The summed E-state index contributed by atoms with van der Waals surface area (Å²) in [6, 6.07) is 18.0. The smallest absolute Gasteiger partial charge is 0.240 e. The number of hydrogen-bond donors (Lipinski definition) is 0. The Kier molecular flexibility index (Phi) is 5.50. The average Bonchev–Trinajstić information content (AvgIpc) is 3.36. The molecule has 0 unspecified atom stereocenters. The second-order valence-corrected chi connectivity index (χ2v) is 10.4. The van der Waals surface area contributed by atoms with Gasteiger partial charge in [-0.2, -0.15) is 0 Å². The Labute approximate surface area is 221 Å². The van der Waals surface area contributed by atoms with Gasteiger partial charge < -0.3 is 9.64 Å². The molecule has 36 heavy (non-hydrogen) atoms. The highest BCUT2D eigenvalue weighted by atomic mass is 79.9. The molecule has 8 heteroatoms. The number of rotatable bonds is 4. The maximum atomic E-state index is 14.0. The van der Waals surface area contributed by atoms with Crippen molar-refractivity contribution in [2.24, 2.45) is 11.8 Å². The number of nitrogens with zero attached hydrogens (tertiary/aromatic N) is 2. The maximum absolute atomic E-state index is 14.0. The number of amides is 2. The van der Waals surface area contributed by atoms with Crippen LogP contribution in [0, 0.1) is 11.8 Å². The molecule has 6 nitrogen and oxygen atoms in total. The predicted molar refractivity (Wildman–Crippen MR) is 141 cm³/mol. The number of ether oxygens (including phenoxy) is 1. The van der Waals surface area contributed by atoms with Crippen LogP contribution in [0.2, 0.25) is 5.02 Å². The highest BCUT2D eigenvalue weighted by Crippen LogP contribution is 2.50. The standard InChI is InChI=1S/C28H20BrClN2O4/c1-36-20-10-8-19(9-11-20)31-27(34)23-22-12-4-16-14-18(30)7-13-21(16)32(22)25(24(23)28(31)35)26(33)15-2-5-17(29)6-3-15/h2-14,22-25H,1H3/t22-,23+,24+,25-/m0/s1. The Morgan fingerprint density at radius 3 is 2.33 bits per heavy atom. The van der Waals surface area contributed by atoms with Crippen molar-refractivity contribution in [3.8, 4) is 5.75 Å². The van der Waals surface area contributed by atoms with E-state index < -0.39 is 23.9 Å². The number of hydrogen-bond acceptors (Lipinski definition) is 5. The van der Waals surface area contributed by atoms with E-state index in [9.17, 15) is 14.4 Å². The van der Waals surface area contributed by atoms with Crippen LogP contribution in [0.1, 0.15) is 15.9 Å². The fourth-order valence-electron chi connectivity index (χ4n) is 5.61. The first-order valence-corrected chi connectivity index (χ1v) is 12.6. The van der Waals surface area contributed by atoms with Gasteiger partial charge in [0.15, 0.2) is 5.78 Å². The number of methoxy groups -OCH3 is 1. The van der Waals surface area contributed by atoms with E-state index in [1.54, 1.807) is 61.7 Å². The zero-order valence-electron chi connectivity index (χ0n) is 19.1. The summed E-state index contributed by atoms with van der Waals surface area (Å²) in [5.74, 6) is -1.77. The van der Waals surface area contributed by atoms with Crippen LogP contribution >= 0.6 is 27.5 Å². The van der Waals surface area contributed by atoms with Crippen LogP contribution in [0.4, 0.5) is 11.4 Å². The van der Waals surface area contributed by atoms with Gasteiger partial charge >= 0.3 is 0 Å². The summed E-state index contributed by atoms with van der Waals surface area (Å²) in [7, 11) is 1.55. The fourth-order valence-corrected chi connectivity index (χ4v) is 6.06. The normalized spacial score (nSPS) is 24.0. The van der Waals surface area contributed by atoms with E-state index in [1.165, 1.54) is 4.90 Å². The first kappa shape index (κ1) is 23.0. The summed E-state index contributed by atoms with van der Waals surface area (Å²) in [6.07, 6.45) is 3.83. The Hall–Kier alpha value is -3.42. The number of halogens is 2. The molecule has 3 aromatic carbocycles. The van der Waals surface area contributed by atoms with E-state index >= 15 is 0 Å². The van der Waals surface area contributed by atoms with Crippen LogP contribution in [0.5, 0.6) is 5.75 Å². The molecule has 3 aromatic rings. The number of carbonyl (C=O) groups is 3. The van der Waals surface area contributed by atoms with Crippen molar-refractivity contribution in [2.75, 3.05) is 16.9 Å². The lowest BCUT2D eigenvalue weighted by Gasteiger charge is -2.36. The summed E-state index contributed by atoms with van der Waals surface area (Å²) in [6.45, 7) is 0. The molecule has 4 atom stereocenters. The number of Topliss-reactive ketones (excluding diaryl/α,β-unsaturated/α-hetero) is 1. The molecule has 3 aliphatic heterocycles. The van der Waals surface area contributed by atoms with E-state index in [0.29, 0.717) is 22.0 Å². The molecule has 6 rings (SSSR count). The van der Waals surface area contributed by atoms with Crippen LogP contribution in [-0.2, 0) is 9.59 Å². The quantitative estimate of drug-likeness (QED) is 0.315. The first-order valence-electron chi connectivity index (χ1n) is 11.5. The third kappa shape index (κ3) is 3.41. The Bertz CT molecular complexity index is 1440. The first-order chi connectivity index (χ1) is 17.4. The zero-order chi connectivity index (χ0) is 25.1. The third-order valence-electron chi connectivity index (χ3n) is 7.20. The van der Waals surface area contributed by atoms with Crippen molar-refractivity contribution in [2.45, 2.75) is 12.1 Å². The molecule has 0 aliphatic carbocycles. The third-order valence-corrected chi connectivity index (χ3v) is 7.96. The van der Waals surface area contributed by atoms with E-state index in [0.717, 1.165) is 15.7 Å². The SMILES string of the molecule is COc1ccc(N2C(=O)[C@@H]3[C@H](C2=O)[C@@H]2C=Cc4cc(Cl)ccc4N2[C@@H]3C(=O)c2ccc(Br)cc2)cc1. The van der Waals surface area contributed by atoms with Crippen molar-refractivity contribution in [1.82, 2.24) is 0 Å². The summed E-state index contributed by atoms with van der Waals surface area (Å²) in [4.78, 5) is 44.9. The number of fused-ring (bicyclic) bond motifs is 5. The number of imide groups is 1. The van der Waals surface area contributed by atoms with E-state index in [1.807, 2.05) is 29.2 Å². The largest absolute Gasteiger partial charge is 0.497 e. The zero-order valence-corrected chi connectivity index (χ0v) is 21.4. The van der Waals surface area contributed by atoms with Gasteiger partial charge in [-0.1, -0.05) is 51.8 Å². The van der Waals surface area contributed by atoms with Crippen molar-refractivity contribution < 1.29 is 19.1 Å². The second kappa shape index (κ2) is 8.61. The van der Waals surface area contributed by atoms with Crippen molar-refractivity contribution in [3.05, 3.63) is 93.4 Å². The molecule has 2 fully saturated rings. The van der Waals surface area contributed by atoms with E-state index in [-0.39, 0.29) is 17.6 Å². The molecular weight excluding hydrogens is 544 g/mol.